The van der Waals surface area contributed by atoms with Gasteiger partial charge in [-0.1, -0.05) is 20.8 Å². The fraction of sp³-hybridized carbons (Fsp3) is 0.500. The zero-order valence-electron chi connectivity index (χ0n) is 11.4. The molecule has 0 saturated carbocycles. The molecule has 1 amide bonds. The van der Waals surface area contributed by atoms with Gasteiger partial charge in [-0.3, -0.25) is 4.79 Å². The minimum absolute atomic E-state index is 0.163. The highest BCUT2D eigenvalue weighted by Gasteiger charge is 2.13. The van der Waals surface area contributed by atoms with E-state index in [1.54, 1.807) is 12.1 Å². The molecule has 1 rings (SSSR count). The summed E-state index contributed by atoms with van der Waals surface area (Å²) in [6.45, 7) is 7.68. The summed E-state index contributed by atoms with van der Waals surface area (Å²) < 4.78 is 13.7. The Kier molecular flexibility index (Phi) is 5.13. The van der Waals surface area contributed by atoms with Gasteiger partial charge in [0.2, 0.25) is 5.91 Å². The van der Waals surface area contributed by atoms with Crippen LogP contribution < -0.4 is 10.6 Å². The smallest absolute Gasteiger partial charge is 0.221 e. The van der Waals surface area contributed by atoms with Crippen LogP contribution in [0, 0.1) is 11.7 Å². The SMILES string of the molecule is CCC(Nc1cc(NC(C)=O)ccc1F)C(C)C. The normalized spacial score (nSPS) is 12.3. The summed E-state index contributed by atoms with van der Waals surface area (Å²) in [6.07, 6.45) is 0.918. The molecule has 0 spiro atoms. The van der Waals surface area contributed by atoms with E-state index in [4.69, 9.17) is 0 Å². The number of hydrogen-bond donors (Lipinski definition) is 2. The van der Waals surface area contributed by atoms with Crippen molar-refractivity contribution in [3.63, 3.8) is 0 Å². The van der Waals surface area contributed by atoms with Crippen molar-refractivity contribution in [1.29, 1.82) is 0 Å². The molecule has 1 atom stereocenters. The summed E-state index contributed by atoms with van der Waals surface area (Å²) in [5, 5.41) is 5.83. The highest BCUT2D eigenvalue weighted by atomic mass is 19.1. The van der Waals surface area contributed by atoms with Crippen LogP contribution in [0.1, 0.15) is 34.1 Å². The molecule has 0 aliphatic rings. The molecule has 0 aliphatic heterocycles. The molecule has 1 aromatic carbocycles. The Hall–Kier alpha value is -1.58. The van der Waals surface area contributed by atoms with Crippen molar-refractivity contribution < 1.29 is 9.18 Å². The lowest BCUT2D eigenvalue weighted by atomic mass is 10.0. The van der Waals surface area contributed by atoms with Crippen molar-refractivity contribution in [1.82, 2.24) is 0 Å². The predicted octanol–water partition coefficient (Wildman–Crippen LogP) is 3.63. The maximum Gasteiger partial charge on any atom is 0.221 e. The fourth-order valence-corrected chi connectivity index (χ4v) is 1.86. The highest BCUT2D eigenvalue weighted by Crippen LogP contribution is 2.22. The van der Waals surface area contributed by atoms with Gasteiger partial charge in [-0.2, -0.15) is 0 Å². The number of amides is 1. The number of carbonyl (C=O) groups is 1. The van der Waals surface area contributed by atoms with Crippen molar-refractivity contribution in [3.05, 3.63) is 24.0 Å². The number of anilines is 2. The lowest BCUT2D eigenvalue weighted by molar-refractivity contribution is -0.114. The van der Waals surface area contributed by atoms with Gasteiger partial charge in [0.15, 0.2) is 0 Å². The Morgan fingerprint density at radius 1 is 1.39 bits per heavy atom. The monoisotopic (exact) mass is 252 g/mol. The largest absolute Gasteiger partial charge is 0.380 e. The lowest BCUT2D eigenvalue weighted by Crippen LogP contribution is -2.25. The summed E-state index contributed by atoms with van der Waals surface area (Å²) in [7, 11) is 0. The summed E-state index contributed by atoms with van der Waals surface area (Å²) in [5.74, 6) is -0.0505. The third-order valence-corrected chi connectivity index (χ3v) is 2.87. The minimum Gasteiger partial charge on any atom is -0.380 e. The third-order valence-electron chi connectivity index (χ3n) is 2.87. The maximum atomic E-state index is 13.7. The van der Waals surface area contributed by atoms with Crippen molar-refractivity contribution in [2.24, 2.45) is 5.92 Å². The number of benzene rings is 1. The number of nitrogens with one attached hydrogen (secondary N) is 2. The molecule has 0 heterocycles. The Morgan fingerprint density at radius 2 is 2.06 bits per heavy atom. The molecular weight excluding hydrogens is 231 g/mol. The van der Waals surface area contributed by atoms with Crippen LogP contribution in [-0.2, 0) is 4.79 Å². The first-order chi connectivity index (χ1) is 8.43. The Morgan fingerprint density at radius 3 is 2.56 bits per heavy atom. The second kappa shape index (κ2) is 6.38. The van der Waals surface area contributed by atoms with Crippen molar-refractivity contribution in [2.45, 2.75) is 40.2 Å². The molecule has 0 bridgehead atoms. The molecule has 1 unspecified atom stereocenters. The van der Waals surface area contributed by atoms with E-state index in [1.165, 1.54) is 13.0 Å². The number of rotatable bonds is 5. The van der Waals surface area contributed by atoms with Crippen LogP contribution in [0.5, 0.6) is 0 Å². The van der Waals surface area contributed by atoms with Gasteiger partial charge in [-0.25, -0.2) is 4.39 Å². The highest BCUT2D eigenvalue weighted by molar-refractivity contribution is 5.89. The second-order valence-electron chi connectivity index (χ2n) is 4.78. The zero-order valence-corrected chi connectivity index (χ0v) is 11.4. The average Bonchev–Trinajstić information content (AvgIpc) is 2.28. The van der Waals surface area contributed by atoms with Crippen LogP contribution in [0.4, 0.5) is 15.8 Å². The van der Waals surface area contributed by atoms with Gasteiger partial charge in [0.25, 0.3) is 0 Å². The second-order valence-corrected chi connectivity index (χ2v) is 4.78. The topological polar surface area (TPSA) is 41.1 Å². The maximum absolute atomic E-state index is 13.7. The Bertz CT molecular complexity index is 418. The summed E-state index contributed by atoms with van der Waals surface area (Å²) in [5.41, 5.74) is 1.03. The quantitative estimate of drug-likeness (QED) is 0.840. The van der Waals surface area contributed by atoms with Crippen LogP contribution in [-0.4, -0.2) is 11.9 Å². The van der Waals surface area contributed by atoms with Gasteiger partial charge >= 0.3 is 0 Å². The number of halogens is 1. The van der Waals surface area contributed by atoms with E-state index >= 15 is 0 Å². The van der Waals surface area contributed by atoms with Gasteiger partial charge < -0.3 is 10.6 Å². The Balaban J connectivity index is 2.89. The van der Waals surface area contributed by atoms with E-state index in [2.05, 4.69) is 31.4 Å². The molecule has 0 aromatic heterocycles. The van der Waals surface area contributed by atoms with Crippen LogP contribution in [0.15, 0.2) is 18.2 Å². The number of carbonyl (C=O) groups excluding carboxylic acids is 1. The lowest BCUT2D eigenvalue weighted by Gasteiger charge is -2.22. The molecule has 0 saturated heterocycles. The summed E-state index contributed by atoms with van der Waals surface area (Å²) in [4.78, 5) is 11.0. The van der Waals surface area contributed by atoms with E-state index in [0.717, 1.165) is 6.42 Å². The average molecular weight is 252 g/mol. The van der Waals surface area contributed by atoms with Crippen LogP contribution in [0.25, 0.3) is 0 Å². The molecule has 0 fully saturated rings. The third kappa shape index (κ3) is 4.02. The molecule has 2 N–H and O–H groups in total. The molecule has 1 aromatic rings. The van der Waals surface area contributed by atoms with Crippen molar-refractivity contribution in [2.75, 3.05) is 10.6 Å². The van der Waals surface area contributed by atoms with Gasteiger partial charge in [-0.15, -0.1) is 0 Å². The van der Waals surface area contributed by atoms with E-state index in [0.29, 0.717) is 17.3 Å². The van der Waals surface area contributed by atoms with Crippen LogP contribution in [0.2, 0.25) is 0 Å². The van der Waals surface area contributed by atoms with Crippen LogP contribution >= 0.6 is 0 Å². The molecule has 100 valence electrons. The molecule has 18 heavy (non-hydrogen) atoms. The van der Waals surface area contributed by atoms with Gasteiger partial charge in [-0.05, 0) is 30.5 Å². The first-order valence-electron chi connectivity index (χ1n) is 6.27. The van der Waals surface area contributed by atoms with Gasteiger partial charge in [0.1, 0.15) is 5.82 Å². The van der Waals surface area contributed by atoms with Crippen LogP contribution in [0.3, 0.4) is 0 Å². The first-order valence-corrected chi connectivity index (χ1v) is 6.27. The zero-order chi connectivity index (χ0) is 13.7. The van der Waals surface area contributed by atoms with Gasteiger partial charge in [0.05, 0.1) is 5.69 Å². The fourth-order valence-electron chi connectivity index (χ4n) is 1.86. The molecular formula is C14H21FN2O. The summed E-state index contributed by atoms with van der Waals surface area (Å²) >= 11 is 0. The first kappa shape index (κ1) is 14.5. The standard InChI is InChI=1S/C14H21FN2O/c1-5-13(9(2)3)17-14-8-11(16-10(4)18)6-7-12(14)15/h6-9,13,17H,5H2,1-4H3,(H,16,18). The Labute approximate surface area is 108 Å². The summed E-state index contributed by atoms with van der Waals surface area (Å²) in [6, 6.07) is 4.76. The molecule has 4 heteroatoms. The van der Waals surface area contributed by atoms with E-state index in [-0.39, 0.29) is 17.8 Å². The predicted molar refractivity (Wildman–Crippen MR) is 73.2 cm³/mol. The van der Waals surface area contributed by atoms with Gasteiger partial charge in [0, 0.05) is 18.7 Å². The van der Waals surface area contributed by atoms with Crippen molar-refractivity contribution >= 4 is 17.3 Å². The molecule has 0 aliphatic carbocycles. The van der Waals surface area contributed by atoms with Crippen molar-refractivity contribution in [3.8, 4) is 0 Å². The van der Waals surface area contributed by atoms with E-state index in [1.807, 2.05) is 0 Å². The van der Waals surface area contributed by atoms with E-state index in [9.17, 15) is 9.18 Å². The number of hydrogen-bond acceptors (Lipinski definition) is 2. The molecule has 3 nitrogen and oxygen atoms in total. The minimum atomic E-state index is -0.303. The molecule has 0 radical (unpaired) electrons. The van der Waals surface area contributed by atoms with E-state index < -0.39 is 0 Å².